The molecule has 1 aromatic carbocycles. The van der Waals surface area contributed by atoms with Crippen LogP contribution in [0.1, 0.15) is 24.5 Å². The lowest BCUT2D eigenvalue weighted by molar-refractivity contribution is -0.115. The number of carbonyl (C=O) groups is 1. The topological polar surface area (TPSA) is 47.9 Å². The van der Waals surface area contributed by atoms with E-state index in [0.29, 0.717) is 6.42 Å². The first-order valence-electron chi connectivity index (χ1n) is 9.57. The van der Waals surface area contributed by atoms with Gasteiger partial charge in [0.25, 0.3) is 0 Å². The van der Waals surface area contributed by atoms with Crippen molar-refractivity contribution in [1.82, 2.24) is 9.80 Å². The molecule has 150 valence electrons. The van der Waals surface area contributed by atoms with Crippen molar-refractivity contribution in [2.75, 3.05) is 38.0 Å². The number of benzene rings is 1. The zero-order chi connectivity index (χ0) is 20.1. The SMILES string of the molecule is C=C1CC(N2CCN(CCc3cc4c(cc3Cl)NC(=O)C4)CC2)=NS1.C=CC. The molecule has 28 heavy (non-hydrogen) atoms. The molecule has 3 heterocycles. The van der Waals surface area contributed by atoms with Crippen molar-refractivity contribution >= 4 is 41.0 Å². The van der Waals surface area contributed by atoms with Gasteiger partial charge < -0.3 is 10.2 Å². The van der Waals surface area contributed by atoms with Gasteiger partial charge in [0.2, 0.25) is 5.91 Å². The molecule has 5 nitrogen and oxygen atoms in total. The molecule has 4 rings (SSSR count). The molecule has 0 saturated carbocycles. The highest BCUT2D eigenvalue weighted by Crippen LogP contribution is 2.31. The van der Waals surface area contributed by atoms with Gasteiger partial charge in [0.1, 0.15) is 5.84 Å². The second-order valence-electron chi connectivity index (χ2n) is 7.13. The van der Waals surface area contributed by atoms with Gasteiger partial charge in [0.05, 0.1) is 6.42 Å². The minimum Gasteiger partial charge on any atom is -0.357 e. The van der Waals surface area contributed by atoms with Crippen LogP contribution in [0.3, 0.4) is 0 Å². The van der Waals surface area contributed by atoms with E-state index in [1.807, 2.05) is 13.0 Å². The van der Waals surface area contributed by atoms with Crippen LogP contribution in [-0.4, -0.2) is 54.3 Å². The molecule has 3 aliphatic heterocycles. The summed E-state index contributed by atoms with van der Waals surface area (Å²) in [4.78, 5) is 17.5. The quantitative estimate of drug-likeness (QED) is 0.591. The molecule has 0 bridgehead atoms. The van der Waals surface area contributed by atoms with Gasteiger partial charge in [-0.3, -0.25) is 9.69 Å². The molecule has 3 aliphatic rings. The minimum absolute atomic E-state index is 0.0509. The molecule has 1 fully saturated rings. The Balaban J connectivity index is 0.000000706. The van der Waals surface area contributed by atoms with Gasteiger partial charge in [0.15, 0.2) is 0 Å². The van der Waals surface area contributed by atoms with Crippen LogP contribution in [-0.2, 0) is 17.6 Å². The van der Waals surface area contributed by atoms with Gasteiger partial charge in [0, 0.05) is 66.7 Å². The Morgan fingerprint density at radius 3 is 2.64 bits per heavy atom. The van der Waals surface area contributed by atoms with E-state index in [-0.39, 0.29) is 5.91 Å². The molecule has 1 N–H and O–H groups in total. The standard InChI is InChI=1S/C18H21ClN4OS.C3H6/c1-12-8-17(21-25-12)23-6-4-22(5-7-23)3-2-13-9-14-10-18(24)20-16(14)11-15(13)19;1-3-2/h9,11H,1-8,10H2,(H,20,24);3H,1H2,2H3. The fourth-order valence-corrected chi connectivity index (χ4v) is 4.39. The molecule has 0 radical (unpaired) electrons. The Morgan fingerprint density at radius 1 is 1.29 bits per heavy atom. The van der Waals surface area contributed by atoms with Gasteiger partial charge in [-0.2, -0.15) is 4.40 Å². The average Bonchev–Trinajstić information content (AvgIpc) is 3.25. The van der Waals surface area contributed by atoms with Gasteiger partial charge in [-0.15, -0.1) is 6.58 Å². The van der Waals surface area contributed by atoms with E-state index in [1.54, 1.807) is 6.08 Å². The van der Waals surface area contributed by atoms with Crippen molar-refractivity contribution in [2.24, 2.45) is 4.40 Å². The molecule has 1 saturated heterocycles. The number of amidine groups is 1. The largest absolute Gasteiger partial charge is 0.357 e. The van der Waals surface area contributed by atoms with Gasteiger partial charge in [-0.25, -0.2) is 0 Å². The van der Waals surface area contributed by atoms with Crippen molar-refractivity contribution in [2.45, 2.75) is 26.2 Å². The summed E-state index contributed by atoms with van der Waals surface area (Å²) >= 11 is 7.91. The third-order valence-electron chi connectivity index (χ3n) is 4.97. The van der Waals surface area contributed by atoms with Crippen LogP contribution in [0.4, 0.5) is 5.69 Å². The summed E-state index contributed by atoms with van der Waals surface area (Å²) in [7, 11) is 0. The molecular weight excluding hydrogens is 392 g/mol. The highest BCUT2D eigenvalue weighted by atomic mass is 35.5. The predicted molar refractivity (Wildman–Crippen MR) is 120 cm³/mol. The fraction of sp³-hybridized carbons (Fsp3) is 0.429. The summed E-state index contributed by atoms with van der Waals surface area (Å²) in [6.07, 6.45) is 4.03. The lowest BCUT2D eigenvalue weighted by atomic mass is 10.1. The Kier molecular flexibility index (Phi) is 7.21. The van der Waals surface area contributed by atoms with Gasteiger partial charge in [-0.1, -0.05) is 30.3 Å². The molecule has 0 spiro atoms. The van der Waals surface area contributed by atoms with Crippen molar-refractivity contribution in [3.05, 3.63) is 52.4 Å². The molecule has 0 unspecified atom stereocenters. The first-order valence-corrected chi connectivity index (χ1v) is 10.7. The van der Waals surface area contributed by atoms with Crippen molar-refractivity contribution < 1.29 is 4.79 Å². The number of nitrogens with zero attached hydrogens (tertiary/aromatic N) is 3. The van der Waals surface area contributed by atoms with Gasteiger partial charge in [-0.05, 0) is 30.5 Å². The van der Waals surface area contributed by atoms with E-state index in [0.717, 1.165) is 72.3 Å². The molecule has 0 aliphatic carbocycles. The molecule has 0 atom stereocenters. The predicted octanol–water partition coefficient (Wildman–Crippen LogP) is 4.15. The summed E-state index contributed by atoms with van der Waals surface area (Å²) < 4.78 is 4.50. The molecule has 1 aromatic rings. The third-order valence-corrected chi connectivity index (χ3v) is 6.02. The summed E-state index contributed by atoms with van der Waals surface area (Å²) in [5.74, 6) is 1.23. The summed E-state index contributed by atoms with van der Waals surface area (Å²) in [5, 5.41) is 3.59. The number of hydrogen-bond acceptors (Lipinski definition) is 5. The first kappa shape index (κ1) is 21.0. The Hall–Kier alpha value is -1.76. The maximum atomic E-state index is 11.5. The maximum absolute atomic E-state index is 11.5. The van der Waals surface area contributed by atoms with Crippen LogP contribution < -0.4 is 5.32 Å². The summed E-state index contributed by atoms with van der Waals surface area (Å²) in [5.41, 5.74) is 3.06. The summed E-state index contributed by atoms with van der Waals surface area (Å²) in [6, 6.07) is 3.97. The van der Waals surface area contributed by atoms with Crippen LogP contribution in [0.15, 0.2) is 40.7 Å². The van der Waals surface area contributed by atoms with E-state index < -0.39 is 0 Å². The molecule has 7 heteroatoms. The lowest BCUT2D eigenvalue weighted by Gasteiger charge is -2.35. The first-order chi connectivity index (χ1) is 13.5. The number of hydrogen-bond donors (Lipinski definition) is 1. The third kappa shape index (κ3) is 5.19. The van der Waals surface area contributed by atoms with E-state index in [2.05, 4.69) is 38.7 Å². The zero-order valence-electron chi connectivity index (χ0n) is 16.3. The number of nitrogens with one attached hydrogen (secondary N) is 1. The van der Waals surface area contributed by atoms with Crippen LogP contribution in [0, 0.1) is 0 Å². The Bertz CT molecular complexity index is 800. The van der Waals surface area contributed by atoms with E-state index >= 15 is 0 Å². The number of amides is 1. The summed E-state index contributed by atoms with van der Waals surface area (Å²) in [6.45, 7) is 14.3. The lowest BCUT2D eigenvalue weighted by Crippen LogP contribution is -2.48. The van der Waals surface area contributed by atoms with E-state index in [9.17, 15) is 4.79 Å². The molecule has 1 amide bonds. The van der Waals surface area contributed by atoms with E-state index in [1.165, 1.54) is 17.8 Å². The fourth-order valence-electron chi connectivity index (χ4n) is 3.53. The van der Waals surface area contributed by atoms with Crippen molar-refractivity contribution in [3.8, 4) is 0 Å². The average molecular weight is 419 g/mol. The normalized spacial score (nSPS) is 18.9. The number of anilines is 1. The van der Waals surface area contributed by atoms with Crippen LogP contribution in [0.2, 0.25) is 5.02 Å². The van der Waals surface area contributed by atoms with Crippen molar-refractivity contribution in [1.29, 1.82) is 0 Å². The number of halogens is 1. The van der Waals surface area contributed by atoms with Crippen LogP contribution in [0.25, 0.3) is 0 Å². The molecular formula is C21H27ClN4OS. The smallest absolute Gasteiger partial charge is 0.228 e. The number of allylic oxidation sites excluding steroid dienone is 1. The van der Waals surface area contributed by atoms with Crippen LogP contribution in [0.5, 0.6) is 0 Å². The highest BCUT2D eigenvalue weighted by molar-refractivity contribution is 8.02. The second kappa shape index (κ2) is 9.63. The number of carbonyl (C=O) groups excluding carboxylic acids is 1. The number of fused-ring (bicyclic) bond motifs is 1. The van der Waals surface area contributed by atoms with Crippen LogP contribution >= 0.6 is 23.5 Å². The minimum atomic E-state index is 0.0509. The Morgan fingerprint density at radius 2 is 2.00 bits per heavy atom. The Labute approximate surface area is 176 Å². The molecule has 0 aromatic heterocycles. The number of rotatable bonds is 3. The van der Waals surface area contributed by atoms with E-state index in [4.69, 9.17) is 11.6 Å². The van der Waals surface area contributed by atoms with Gasteiger partial charge >= 0.3 is 0 Å². The highest BCUT2D eigenvalue weighted by Gasteiger charge is 2.24. The zero-order valence-corrected chi connectivity index (χ0v) is 17.9. The monoisotopic (exact) mass is 418 g/mol. The second-order valence-corrected chi connectivity index (χ2v) is 8.48. The maximum Gasteiger partial charge on any atom is 0.228 e. The number of piperazine rings is 1. The van der Waals surface area contributed by atoms with Crippen molar-refractivity contribution in [3.63, 3.8) is 0 Å².